The molecular weight excluding hydrogens is 402 g/mol. The topological polar surface area (TPSA) is 131 Å². The van der Waals surface area contributed by atoms with E-state index in [2.05, 4.69) is 16.0 Å². The molecule has 2 N–H and O–H groups in total. The van der Waals surface area contributed by atoms with Crippen LogP contribution in [0, 0.1) is 12.3 Å². The number of carbonyl (C=O) groups is 2. The highest BCUT2D eigenvalue weighted by Crippen LogP contribution is 1.84. The first-order valence-electron chi connectivity index (χ1n) is 9.63. The van der Waals surface area contributed by atoms with E-state index >= 15 is 0 Å². The number of aliphatic carboxylic acids is 1. The van der Waals surface area contributed by atoms with Gasteiger partial charge < -0.3 is 43.6 Å². The summed E-state index contributed by atoms with van der Waals surface area (Å²) in [6, 6.07) is 0. The van der Waals surface area contributed by atoms with Crippen molar-refractivity contribution in [3.05, 3.63) is 0 Å². The summed E-state index contributed by atoms with van der Waals surface area (Å²) in [7, 11) is 0. The number of hydrogen-bond acceptors (Lipinski definition) is 9. The molecule has 11 heteroatoms. The number of nitrogens with one attached hydrogen (secondary N) is 1. The Hall–Kier alpha value is -1.78. The van der Waals surface area contributed by atoms with Crippen molar-refractivity contribution in [3.8, 4) is 12.3 Å². The number of carboxylic acids is 1. The molecule has 0 bridgehead atoms. The maximum absolute atomic E-state index is 11.3. The molecule has 174 valence electrons. The van der Waals surface area contributed by atoms with Crippen molar-refractivity contribution in [2.24, 2.45) is 0 Å². The van der Waals surface area contributed by atoms with E-state index in [1.54, 1.807) is 0 Å². The summed E-state index contributed by atoms with van der Waals surface area (Å²) in [5.74, 6) is 0.862. The van der Waals surface area contributed by atoms with Crippen LogP contribution in [0.1, 0.15) is 0 Å². The molecule has 0 aliphatic carbocycles. The largest absolute Gasteiger partial charge is 0.480 e. The molecule has 0 saturated carbocycles. The number of ether oxygens (including phenoxy) is 7. The summed E-state index contributed by atoms with van der Waals surface area (Å²) < 4.78 is 36.3. The molecule has 0 spiro atoms. The molecule has 0 aromatic carbocycles. The first-order chi connectivity index (χ1) is 14.7. The van der Waals surface area contributed by atoms with E-state index in [9.17, 15) is 9.59 Å². The van der Waals surface area contributed by atoms with E-state index in [4.69, 9.17) is 40.0 Å². The normalized spacial score (nSPS) is 10.6. The number of carboxylic acid groups (broad SMARTS) is 1. The fourth-order valence-corrected chi connectivity index (χ4v) is 1.78. The third-order valence-electron chi connectivity index (χ3n) is 3.07. The molecule has 1 amide bonds. The van der Waals surface area contributed by atoms with Crippen LogP contribution in [0.2, 0.25) is 0 Å². The number of rotatable bonds is 23. The van der Waals surface area contributed by atoms with Crippen molar-refractivity contribution >= 4 is 11.9 Å². The van der Waals surface area contributed by atoms with Crippen LogP contribution >= 0.6 is 0 Å². The second kappa shape index (κ2) is 23.5. The molecule has 0 atom stereocenters. The summed E-state index contributed by atoms with van der Waals surface area (Å²) in [5.41, 5.74) is 0. The highest BCUT2D eigenvalue weighted by atomic mass is 16.6. The number of hydrogen-bond donors (Lipinski definition) is 2. The van der Waals surface area contributed by atoms with Crippen molar-refractivity contribution in [2.75, 3.05) is 99.0 Å². The molecular formula is C19H33NO10. The standard InChI is InChI=1S/C19H33NO10/c1-2-4-24-6-8-26-10-12-28-14-15-29-13-11-27-9-7-25-5-3-20-18(21)16-30-17-19(22)23/h1H,3-17H2,(H,20,21)(H,22,23). The van der Waals surface area contributed by atoms with Gasteiger partial charge in [0.1, 0.15) is 19.8 Å². The third-order valence-corrected chi connectivity index (χ3v) is 3.07. The Morgan fingerprint density at radius 3 is 1.53 bits per heavy atom. The fraction of sp³-hybridized carbons (Fsp3) is 0.789. The minimum atomic E-state index is -1.12. The molecule has 0 heterocycles. The van der Waals surface area contributed by atoms with E-state index < -0.39 is 18.5 Å². The van der Waals surface area contributed by atoms with E-state index in [0.717, 1.165) is 0 Å². The Morgan fingerprint density at radius 2 is 1.10 bits per heavy atom. The van der Waals surface area contributed by atoms with Crippen molar-refractivity contribution in [3.63, 3.8) is 0 Å². The Labute approximate surface area is 177 Å². The van der Waals surface area contributed by atoms with Crippen LogP contribution in [0.4, 0.5) is 0 Å². The van der Waals surface area contributed by atoms with Gasteiger partial charge in [-0.1, -0.05) is 5.92 Å². The van der Waals surface area contributed by atoms with E-state index in [-0.39, 0.29) is 6.61 Å². The molecule has 0 unspecified atom stereocenters. The van der Waals surface area contributed by atoms with Gasteiger partial charge in [-0.15, -0.1) is 6.42 Å². The maximum atomic E-state index is 11.3. The van der Waals surface area contributed by atoms with Gasteiger partial charge in [0.15, 0.2) is 0 Å². The van der Waals surface area contributed by atoms with Gasteiger partial charge >= 0.3 is 5.97 Å². The lowest BCUT2D eigenvalue weighted by atomic mass is 10.6. The van der Waals surface area contributed by atoms with E-state index in [1.807, 2.05) is 0 Å². The predicted octanol–water partition coefficient (Wildman–Crippen LogP) is -1.06. The summed E-state index contributed by atoms with van der Waals surface area (Å²) in [5, 5.41) is 10.9. The predicted molar refractivity (Wildman–Crippen MR) is 105 cm³/mol. The van der Waals surface area contributed by atoms with Gasteiger partial charge in [-0.05, 0) is 0 Å². The van der Waals surface area contributed by atoms with Crippen LogP contribution < -0.4 is 5.32 Å². The summed E-state index contributed by atoms with van der Waals surface area (Å²) in [6.07, 6.45) is 5.04. The average molecular weight is 435 g/mol. The van der Waals surface area contributed by atoms with Crippen molar-refractivity contribution < 1.29 is 47.9 Å². The average Bonchev–Trinajstić information content (AvgIpc) is 2.72. The Bertz CT molecular complexity index is 455. The van der Waals surface area contributed by atoms with Gasteiger partial charge in [0.25, 0.3) is 0 Å². The van der Waals surface area contributed by atoms with Crippen LogP contribution in [0.3, 0.4) is 0 Å². The highest BCUT2D eigenvalue weighted by molar-refractivity contribution is 5.77. The molecule has 0 rings (SSSR count). The highest BCUT2D eigenvalue weighted by Gasteiger charge is 2.02. The van der Waals surface area contributed by atoms with Crippen LogP contribution in [0.15, 0.2) is 0 Å². The van der Waals surface area contributed by atoms with Crippen molar-refractivity contribution in [1.29, 1.82) is 0 Å². The number of amides is 1. The number of terminal acetylenes is 1. The van der Waals surface area contributed by atoms with E-state index in [1.165, 1.54) is 0 Å². The molecule has 0 aromatic heterocycles. The quantitative estimate of drug-likeness (QED) is 0.151. The van der Waals surface area contributed by atoms with Crippen LogP contribution in [0.25, 0.3) is 0 Å². The molecule has 0 saturated heterocycles. The summed E-state index contributed by atoms with van der Waals surface area (Å²) in [6.45, 7) is 4.73. The summed E-state index contributed by atoms with van der Waals surface area (Å²) >= 11 is 0. The molecule has 11 nitrogen and oxygen atoms in total. The van der Waals surface area contributed by atoms with E-state index in [0.29, 0.717) is 85.8 Å². The molecule has 30 heavy (non-hydrogen) atoms. The SMILES string of the molecule is C#CCOCCOCCOCCOCCOCCOCCNC(=O)COCC(=O)O. The lowest BCUT2D eigenvalue weighted by Crippen LogP contribution is -2.31. The monoisotopic (exact) mass is 435 g/mol. The molecule has 0 aliphatic rings. The molecule has 0 aromatic rings. The van der Waals surface area contributed by atoms with Gasteiger partial charge in [0, 0.05) is 6.54 Å². The van der Waals surface area contributed by atoms with Gasteiger partial charge in [-0.3, -0.25) is 4.79 Å². The Morgan fingerprint density at radius 1 is 0.667 bits per heavy atom. The second-order valence-corrected chi connectivity index (χ2v) is 5.56. The molecule has 0 radical (unpaired) electrons. The first kappa shape index (κ1) is 28.2. The van der Waals surface area contributed by atoms with Gasteiger partial charge in [-0.2, -0.15) is 0 Å². The molecule has 0 aliphatic heterocycles. The number of carbonyl (C=O) groups excluding carboxylic acids is 1. The van der Waals surface area contributed by atoms with Crippen molar-refractivity contribution in [2.45, 2.75) is 0 Å². The molecule has 0 fully saturated rings. The zero-order valence-corrected chi connectivity index (χ0v) is 17.3. The minimum absolute atomic E-state index is 0.294. The Balaban J connectivity index is 3.10. The van der Waals surface area contributed by atoms with Gasteiger partial charge in [0.2, 0.25) is 5.91 Å². The minimum Gasteiger partial charge on any atom is -0.480 e. The third kappa shape index (κ3) is 24.3. The second-order valence-electron chi connectivity index (χ2n) is 5.56. The Kier molecular flexibility index (Phi) is 22.1. The van der Waals surface area contributed by atoms with Crippen LogP contribution in [-0.4, -0.2) is 116 Å². The van der Waals surface area contributed by atoms with Crippen LogP contribution in [0.5, 0.6) is 0 Å². The first-order valence-corrected chi connectivity index (χ1v) is 9.63. The summed E-state index contributed by atoms with van der Waals surface area (Å²) in [4.78, 5) is 21.5. The fourth-order valence-electron chi connectivity index (χ4n) is 1.78. The van der Waals surface area contributed by atoms with Crippen molar-refractivity contribution in [1.82, 2.24) is 5.32 Å². The smallest absolute Gasteiger partial charge is 0.329 e. The van der Waals surface area contributed by atoms with Gasteiger partial charge in [-0.25, -0.2) is 4.79 Å². The zero-order chi connectivity index (χ0) is 22.1. The lowest BCUT2D eigenvalue weighted by molar-refractivity contribution is -0.143. The lowest BCUT2D eigenvalue weighted by Gasteiger charge is -2.08. The van der Waals surface area contributed by atoms with Gasteiger partial charge in [0.05, 0.1) is 72.7 Å². The zero-order valence-electron chi connectivity index (χ0n) is 17.3. The maximum Gasteiger partial charge on any atom is 0.329 e. The van der Waals surface area contributed by atoms with Crippen LogP contribution in [-0.2, 0) is 42.7 Å².